The Balaban J connectivity index is 1.40. The van der Waals surface area contributed by atoms with Gasteiger partial charge in [-0.25, -0.2) is 4.79 Å². The molecule has 0 aliphatic carbocycles. The van der Waals surface area contributed by atoms with Crippen molar-refractivity contribution in [3.63, 3.8) is 0 Å². The van der Waals surface area contributed by atoms with Crippen molar-refractivity contribution in [1.29, 1.82) is 0 Å². The van der Waals surface area contributed by atoms with Crippen molar-refractivity contribution in [1.82, 2.24) is 20.9 Å². The maximum atomic E-state index is 12.9. The van der Waals surface area contributed by atoms with Crippen LogP contribution < -0.4 is 20.9 Å². The first-order valence-electron chi connectivity index (χ1n) is 10.2. The van der Waals surface area contributed by atoms with Crippen LogP contribution in [0.4, 0.5) is 10.5 Å². The molecule has 0 saturated carbocycles. The topological polar surface area (TPSA) is 111 Å². The van der Waals surface area contributed by atoms with Gasteiger partial charge in [-0.05, 0) is 42.5 Å². The molecule has 0 unspecified atom stereocenters. The van der Waals surface area contributed by atoms with Gasteiger partial charge in [0.1, 0.15) is 12.1 Å². The fourth-order valence-electron chi connectivity index (χ4n) is 4.15. The standard InChI is InChI=1S/C21H27N5O4/c1-20(2)12-22-18(29)21(23-13-20)7-9-25(10-8-21)17(28)14-3-5-15(6-4-14)26-11-16(27)24-19(26)30/h3-6,23H,7-13H2,1-2H3,(H,22,29)(H,24,27,30). The Labute approximate surface area is 175 Å². The molecule has 5 amide bonds. The van der Waals surface area contributed by atoms with Crippen molar-refractivity contribution in [2.24, 2.45) is 5.41 Å². The van der Waals surface area contributed by atoms with Gasteiger partial charge in [0.25, 0.3) is 5.91 Å². The lowest BCUT2D eigenvalue weighted by molar-refractivity contribution is -0.128. The lowest BCUT2D eigenvalue weighted by Crippen LogP contribution is -2.61. The molecule has 1 aromatic rings. The Hall–Kier alpha value is -2.94. The second kappa shape index (κ2) is 7.39. The molecule has 3 N–H and O–H groups in total. The van der Waals surface area contributed by atoms with Crippen LogP contribution in [0.2, 0.25) is 0 Å². The van der Waals surface area contributed by atoms with E-state index < -0.39 is 11.6 Å². The predicted octanol–water partition coefficient (Wildman–Crippen LogP) is 0.463. The maximum absolute atomic E-state index is 12.9. The summed E-state index contributed by atoms with van der Waals surface area (Å²) < 4.78 is 0. The molecule has 0 aromatic heterocycles. The molecule has 30 heavy (non-hydrogen) atoms. The molecular weight excluding hydrogens is 386 g/mol. The number of carbonyl (C=O) groups excluding carboxylic acids is 4. The van der Waals surface area contributed by atoms with Gasteiger partial charge in [-0.2, -0.15) is 0 Å². The number of piperidine rings is 1. The van der Waals surface area contributed by atoms with Crippen LogP contribution in [-0.4, -0.2) is 66.9 Å². The number of hydrogen-bond donors (Lipinski definition) is 3. The van der Waals surface area contributed by atoms with Gasteiger partial charge in [0.05, 0.1) is 0 Å². The fraction of sp³-hybridized carbons (Fsp3) is 0.524. The molecule has 3 saturated heterocycles. The van der Waals surface area contributed by atoms with Crippen LogP contribution in [0.15, 0.2) is 24.3 Å². The minimum Gasteiger partial charge on any atom is -0.354 e. The van der Waals surface area contributed by atoms with E-state index in [9.17, 15) is 19.2 Å². The quantitative estimate of drug-likeness (QED) is 0.610. The van der Waals surface area contributed by atoms with E-state index in [0.717, 1.165) is 6.54 Å². The van der Waals surface area contributed by atoms with Crippen LogP contribution >= 0.6 is 0 Å². The van der Waals surface area contributed by atoms with Crippen LogP contribution in [0.3, 0.4) is 0 Å². The van der Waals surface area contributed by atoms with Crippen LogP contribution in [0.1, 0.15) is 37.0 Å². The molecule has 1 aromatic carbocycles. The Bertz CT molecular complexity index is 887. The first-order valence-corrected chi connectivity index (χ1v) is 10.2. The highest BCUT2D eigenvalue weighted by Crippen LogP contribution is 2.28. The normalized spacial score (nSPS) is 23.2. The Morgan fingerprint density at radius 2 is 1.67 bits per heavy atom. The minimum atomic E-state index is -0.621. The molecular formula is C21H27N5O4. The maximum Gasteiger partial charge on any atom is 0.329 e. The van der Waals surface area contributed by atoms with E-state index in [-0.39, 0.29) is 29.7 Å². The number of imide groups is 1. The SMILES string of the molecule is CC1(C)CNC(=O)C2(CCN(C(=O)c3ccc(N4CC(=O)NC4=O)cc3)CC2)NC1. The van der Waals surface area contributed by atoms with Gasteiger partial charge in [0.2, 0.25) is 11.8 Å². The Morgan fingerprint density at radius 3 is 2.27 bits per heavy atom. The van der Waals surface area contributed by atoms with Crippen LogP contribution in [-0.2, 0) is 9.59 Å². The second-order valence-electron chi connectivity index (χ2n) is 9.06. The van der Waals surface area contributed by atoms with Crippen LogP contribution in [0.5, 0.6) is 0 Å². The summed E-state index contributed by atoms with van der Waals surface area (Å²) >= 11 is 0. The van der Waals surface area contributed by atoms with Crippen LogP contribution in [0, 0.1) is 5.41 Å². The zero-order valence-corrected chi connectivity index (χ0v) is 17.3. The number of benzene rings is 1. The number of carbonyl (C=O) groups is 4. The third-order valence-corrected chi connectivity index (χ3v) is 6.19. The van der Waals surface area contributed by atoms with Crippen molar-refractivity contribution in [3.8, 4) is 0 Å². The minimum absolute atomic E-state index is 0.00921. The highest BCUT2D eigenvalue weighted by molar-refractivity contribution is 6.12. The highest BCUT2D eigenvalue weighted by Gasteiger charge is 2.45. The van der Waals surface area contributed by atoms with E-state index in [0.29, 0.717) is 43.7 Å². The van der Waals surface area contributed by atoms with E-state index >= 15 is 0 Å². The van der Waals surface area contributed by atoms with E-state index in [1.54, 1.807) is 29.2 Å². The fourth-order valence-corrected chi connectivity index (χ4v) is 4.15. The number of likely N-dealkylation sites (tertiary alicyclic amines) is 1. The summed E-state index contributed by atoms with van der Waals surface area (Å²) in [5.74, 6) is -0.433. The molecule has 3 heterocycles. The van der Waals surface area contributed by atoms with Gasteiger partial charge >= 0.3 is 6.03 Å². The van der Waals surface area contributed by atoms with Gasteiger partial charge in [0.15, 0.2) is 0 Å². The predicted molar refractivity (Wildman–Crippen MR) is 110 cm³/mol. The van der Waals surface area contributed by atoms with E-state index in [2.05, 4.69) is 29.8 Å². The average molecular weight is 413 g/mol. The van der Waals surface area contributed by atoms with Gasteiger partial charge in [-0.1, -0.05) is 13.8 Å². The molecule has 0 radical (unpaired) electrons. The number of hydrogen-bond acceptors (Lipinski definition) is 5. The highest BCUT2D eigenvalue weighted by atomic mass is 16.2. The molecule has 0 bridgehead atoms. The summed E-state index contributed by atoms with van der Waals surface area (Å²) in [6.45, 7) is 6.57. The van der Waals surface area contributed by atoms with Crippen molar-refractivity contribution < 1.29 is 19.2 Å². The summed E-state index contributed by atoms with van der Waals surface area (Å²) in [7, 11) is 0. The van der Waals surface area contributed by atoms with Crippen molar-refractivity contribution in [2.75, 3.05) is 37.6 Å². The van der Waals surface area contributed by atoms with Gasteiger partial charge in [0, 0.05) is 37.4 Å². The van der Waals surface area contributed by atoms with E-state index in [4.69, 9.17) is 0 Å². The van der Waals surface area contributed by atoms with E-state index in [1.807, 2.05) is 0 Å². The summed E-state index contributed by atoms with van der Waals surface area (Å²) in [5, 5.41) is 8.74. The second-order valence-corrected chi connectivity index (χ2v) is 9.06. The van der Waals surface area contributed by atoms with Crippen molar-refractivity contribution >= 4 is 29.4 Å². The zero-order chi connectivity index (χ0) is 21.5. The van der Waals surface area contributed by atoms with Gasteiger partial charge in [-0.15, -0.1) is 0 Å². The molecule has 1 spiro atoms. The summed E-state index contributed by atoms with van der Waals surface area (Å²) in [6, 6.07) is 6.20. The summed E-state index contributed by atoms with van der Waals surface area (Å²) in [4.78, 5) is 51.9. The van der Waals surface area contributed by atoms with Gasteiger partial charge in [-0.3, -0.25) is 24.6 Å². The summed E-state index contributed by atoms with van der Waals surface area (Å²) in [5.41, 5.74) is 0.448. The number of anilines is 1. The lowest BCUT2D eigenvalue weighted by Gasteiger charge is -2.40. The van der Waals surface area contributed by atoms with Crippen LogP contribution in [0.25, 0.3) is 0 Å². The molecule has 9 nitrogen and oxygen atoms in total. The first kappa shape index (κ1) is 20.3. The molecule has 4 rings (SSSR count). The number of urea groups is 1. The monoisotopic (exact) mass is 413 g/mol. The molecule has 160 valence electrons. The third-order valence-electron chi connectivity index (χ3n) is 6.19. The number of amides is 5. The molecule has 3 aliphatic rings. The molecule has 3 aliphatic heterocycles. The zero-order valence-electron chi connectivity index (χ0n) is 17.3. The third kappa shape index (κ3) is 3.77. The average Bonchev–Trinajstić information content (AvgIpc) is 3.03. The molecule has 0 atom stereocenters. The first-order chi connectivity index (χ1) is 14.2. The number of nitrogens with zero attached hydrogens (tertiary/aromatic N) is 2. The Kier molecular flexibility index (Phi) is 5.01. The smallest absolute Gasteiger partial charge is 0.329 e. The number of rotatable bonds is 2. The van der Waals surface area contributed by atoms with Crippen molar-refractivity contribution in [3.05, 3.63) is 29.8 Å². The summed E-state index contributed by atoms with van der Waals surface area (Å²) in [6.07, 6.45) is 1.13. The van der Waals surface area contributed by atoms with E-state index in [1.165, 1.54) is 4.90 Å². The lowest BCUT2D eigenvalue weighted by atomic mass is 9.85. The Morgan fingerprint density at radius 1 is 1.00 bits per heavy atom. The number of nitrogens with one attached hydrogen (secondary N) is 3. The molecule has 9 heteroatoms. The van der Waals surface area contributed by atoms with Crippen molar-refractivity contribution in [2.45, 2.75) is 32.2 Å². The van der Waals surface area contributed by atoms with Gasteiger partial charge < -0.3 is 15.5 Å². The molecule has 3 fully saturated rings. The largest absolute Gasteiger partial charge is 0.354 e.